The summed E-state index contributed by atoms with van der Waals surface area (Å²) in [5.74, 6) is 0.147. The van der Waals surface area contributed by atoms with Crippen LogP contribution in [0, 0.1) is 0 Å². The Morgan fingerprint density at radius 1 is 1.33 bits per heavy atom. The SMILES string of the molecule is O=C1OCCN1c1cccc(NCc2ccc(O)cn2)c1. The van der Waals surface area contributed by atoms with Crippen molar-refractivity contribution in [1.29, 1.82) is 0 Å². The number of anilines is 2. The molecule has 1 saturated heterocycles. The molecule has 1 aromatic carbocycles. The van der Waals surface area contributed by atoms with Crippen molar-refractivity contribution in [3.05, 3.63) is 48.3 Å². The smallest absolute Gasteiger partial charge is 0.414 e. The quantitative estimate of drug-likeness (QED) is 0.902. The Hall–Kier alpha value is -2.76. The van der Waals surface area contributed by atoms with Crippen molar-refractivity contribution < 1.29 is 14.6 Å². The fourth-order valence-corrected chi connectivity index (χ4v) is 2.13. The topological polar surface area (TPSA) is 74.7 Å². The van der Waals surface area contributed by atoms with Gasteiger partial charge in [0, 0.05) is 11.4 Å². The van der Waals surface area contributed by atoms with Crippen LogP contribution < -0.4 is 10.2 Å². The largest absolute Gasteiger partial charge is 0.506 e. The molecule has 21 heavy (non-hydrogen) atoms. The molecule has 3 rings (SSSR count). The number of rotatable bonds is 4. The summed E-state index contributed by atoms with van der Waals surface area (Å²) in [7, 11) is 0. The van der Waals surface area contributed by atoms with E-state index in [0.29, 0.717) is 19.7 Å². The Bertz CT molecular complexity index is 643. The number of carbonyl (C=O) groups excluding carboxylic acids is 1. The first-order valence-electron chi connectivity index (χ1n) is 6.64. The lowest BCUT2D eigenvalue weighted by molar-refractivity contribution is 0.181. The van der Waals surface area contributed by atoms with Crippen LogP contribution in [0.15, 0.2) is 42.6 Å². The zero-order chi connectivity index (χ0) is 14.7. The van der Waals surface area contributed by atoms with Crippen LogP contribution in [0.1, 0.15) is 5.69 Å². The van der Waals surface area contributed by atoms with Crippen molar-refractivity contribution >= 4 is 17.5 Å². The first-order chi connectivity index (χ1) is 10.2. The average molecular weight is 285 g/mol. The van der Waals surface area contributed by atoms with Gasteiger partial charge in [-0.25, -0.2) is 4.79 Å². The van der Waals surface area contributed by atoms with Gasteiger partial charge in [-0.1, -0.05) is 6.07 Å². The van der Waals surface area contributed by atoms with Crippen molar-refractivity contribution in [2.45, 2.75) is 6.54 Å². The molecule has 2 heterocycles. The molecule has 1 fully saturated rings. The van der Waals surface area contributed by atoms with E-state index >= 15 is 0 Å². The van der Waals surface area contributed by atoms with Crippen molar-refractivity contribution in [1.82, 2.24) is 4.98 Å². The Morgan fingerprint density at radius 3 is 2.95 bits per heavy atom. The highest BCUT2D eigenvalue weighted by Gasteiger charge is 2.23. The highest BCUT2D eigenvalue weighted by Crippen LogP contribution is 2.22. The highest BCUT2D eigenvalue weighted by molar-refractivity contribution is 5.89. The van der Waals surface area contributed by atoms with E-state index in [-0.39, 0.29) is 11.8 Å². The summed E-state index contributed by atoms with van der Waals surface area (Å²) in [6.45, 7) is 1.53. The van der Waals surface area contributed by atoms with Gasteiger partial charge in [0.25, 0.3) is 0 Å². The normalized spacial score (nSPS) is 14.1. The van der Waals surface area contributed by atoms with Crippen LogP contribution in [-0.2, 0) is 11.3 Å². The monoisotopic (exact) mass is 285 g/mol. The van der Waals surface area contributed by atoms with Gasteiger partial charge in [0.1, 0.15) is 12.4 Å². The molecule has 0 saturated carbocycles. The third kappa shape index (κ3) is 3.05. The Balaban J connectivity index is 1.68. The van der Waals surface area contributed by atoms with E-state index in [9.17, 15) is 9.90 Å². The second kappa shape index (κ2) is 5.70. The van der Waals surface area contributed by atoms with Crippen LogP contribution >= 0.6 is 0 Å². The molecule has 1 aliphatic heterocycles. The van der Waals surface area contributed by atoms with E-state index in [2.05, 4.69) is 10.3 Å². The third-order valence-electron chi connectivity index (χ3n) is 3.20. The van der Waals surface area contributed by atoms with Gasteiger partial charge in [0.05, 0.1) is 25.0 Å². The molecule has 1 aromatic heterocycles. The van der Waals surface area contributed by atoms with Gasteiger partial charge >= 0.3 is 6.09 Å². The Kier molecular flexibility index (Phi) is 3.59. The molecule has 6 heteroatoms. The maximum absolute atomic E-state index is 11.5. The maximum atomic E-state index is 11.5. The predicted molar refractivity (Wildman–Crippen MR) is 78.4 cm³/mol. The van der Waals surface area contributed by atoms with Crippen LogP contribution in [-0.4, -0.2) is 29.3 Å². The maximum Gasteiger partial charge on any atom is 0.414 e. The van der Waals surface area contributed by atoms with Crippen molar-refractivity contribution in [3.8, 4) is 5.75 Å². The molecule has 1 aliphatic rings. The molecule has 0 bridgehead atoms. The molecule has 6 nitrogen and oxygen atoms in total. The summed E-state index contributed by atoms with van der Waals surface area (Å²) in [4.78, 5) is 17.3. The van der Waals surface area contributed by atoms with Crippen molar-refractivity contribution in [2.24, 2.45) is 0 Å². The summed E-state index contributed by atoms with van der Waals surface area (Å²) in [6.07, 6.45) is 1.10. The molecular formula is C15H15N3O3. The van der Waals surface area contributed by atoms with E-state index in [1.54, 1.807) is 17.0 Å². The molecule has 1 amide bonds. The predicted octanol–water partition coefficient (Wildman–Crippen LogP) is 2.36. The zero-order valence-electron chi connectivity index (χ0n) is 11.3. The van der Waals surface area contributed by atoms with Gasteiger partial charge in [0.15, 0.2) is 0 Å². The van der Waals surface area contributed by atoms with Gasteiger partial charge in [-0.15, -0.1) is 0 Å². The van der Waals surface area contributed by atoms with Gasteiger partial charge < -0.3 is 15.2 Å². The number of ether oxygens (including phenoxy) is 1. The molecular weight excluding hydrogens is 270 g/mol. The molecule has 0 unspecified atom stereocenters. The fourth-order valence-electron chi connectivity index (χ4n) is 2.13. The molecule has 2 N–H and O–H groups in total. The van der Waals surface area contributed by atoms with Crippen LogP contribution in [0.2, 0.25) is 0 Å². The summed E-state index contributed by atoms with van der Waals surface area (Å²) < 4.78 is 4.93. The van der Waals surface area contributed by atoms with E-state index in [4.69, 9.17) is 4.74 Å². The van der Waals surface area contributed by atoms with Gasteiger partial charge in [-0.2, -0.15) is 0 Å². The number of carbonyl (C=O) groups is 1. The lowest BCUT2D eigenvalue weighted by Gasteiger charge is -2.14. The van der Waals surface area contributed by atoms with Crippen molar-refractivity contribution in [3.63, 3.8) is 0 Å². The Morgan fingerprint density at radius 2 is 2.24 bits per heavy atom. The summed E-state index contributed by atoms with van der Waals surface area (Å²) in [5, 5.41) is 12.4. The molecule has 2 aromatic rings. The summed E-state index contributed by atoms with van der Waals surface area (Å²) in [5.41, 5.74) is 2.52. The Labute approximate surface area is 122 Å². The number of hydrogen-bond acceptors (Lipinski definition) is 5. The first-order valence-corrected chi connectivity index (χ1v) is 6.64. The van der Waals surface area contributed by atoms with E-state index in [1.807, 2.05) is 24.3 Å². The number of benzene rings is 1. The van der Waals surface area contributed by atoms with Crippen LogP contribution in [0.3, 0.4) is 0 Å². The standard InChI is InChI=1S/C15H15N3O3/c19-14-5-4-12(17-10-14)9-16-11-2-1-3-13(8-11)18-6-7-21-15(18)20/h1-5,8,10,16,19H,6-7,9H2. The second-order valence-electron chi connectivity index (χ2n) is 4.68. The number of amides is 1. The van der Waals surface area contributed by atoms with Gasteiger partial charge in [0.2, 0.25) is 0 Å². The minimum Gasteiger partial charge on any atom is -0.506 e. The van der Waals surface area contributed by atoms with E-state index in [1.165, 1.54) is 6.20 Å². The van der Waals surface area contributed by atoms with Crippen LogP contribution in [0.5, 0.6) is 5.75 Å². The zero-order valence-corrected chi connectivity index (χ0v) is 11.3. The van der Waals surface area contributed by atoms with Crippen LogP contribution in [0.25, 0.3) is 0 Å². The highest BCUT2D eigenvalue weighted by atomic mass is 16.6. The van der Waals surface area contributed by atoms with Gasteiger partial charge in [-0.05, 0) is 30.3 Å². The first kappa shape index (κ1) is 13.2. The third-order valence-corrected chi connectivity index (χ3v) is 3.20. The lowest BCUT2D eigenvalue weighted by Crippen LogP contribution is -2.23. The number of pyridine rings is 1. The number of hydrogen-bond donors (Lipinski definition) is 2. The second-order valence-corrected chi connectivity index (χ2v) is 4.68. The number of nitrogens with zero attached hydrogens (tertiary/aromatic N) is 2. The van der Waals surface area contributed by atoms with Crippen LogP contribution in [0.4, 0.5) is 16.2 Å². The molecule has 0 atom stereocenters. The summed E-state index contributed by atoms with van der Waals surface area (Å²) >= 11 is 0. The summed E-state index contributed by atoms with van der Waals surface area (Å²) in [6, 6.07) is 10.9. The number of cyclic esters (lactones) is 1. The minimum absolute atomic E-state index is 0.147. The molecule has 108 valence electrons. The minimum atomic E-state index is -0.313. The number of nitrogens with one attached hydrogen (secondary N) is 1. The molecule has 0 aliphatic carbocycles. The molecule has 0 spiro atoms. The number of aromatic hydroxyl groups is 1. The van der Waals surface area contributed by atoms with Gasteiger partial charge in [-0.3, -0.25) is 9.88 Å². The average Bonchev–Trinajstić information content (AvgIpc) is 2.93. The van der Waals surface area contributed by atoms with E-state index < -0.39 is 0 Å². The van der Waals surface area contributed by atoms with Crippen molar-refractivity contribution in [2.75, 3.05) is 23.4 Å². The lowest BCUT2D eigenvalue weighted by atomic mass is 10.2. The van der Waals surface area contributed by atoms with E-state index in [0.717, 1.165) is 17.1 Å². The molecule has 0 radical (unpaired) electrons. The fraction of sp³-hybridized carbons (Fsp3) is 0.200. The number of aromatic nitrogens is 1.